The zero-order chi connectivity index (χ0) is 24.3. The molecule has 9 nitrogen and oxygen atoms in total. The number of thioether (sulfide) groups is 1. The van der Waals surface area contributed by atoms with Crippen LogP contribution in [0.25, 0.3) is 0 Å². The van der Waals surface area contributed by atoms with Gasteiger partial charge in [-0.1, -0.05) is 42.1 Å². The summed E-state index contributed by atoms with van der Waals surface area (Å²) in [4.78, 5) is 40.8. The van der Waals surface area contributed by atoms with Gasteiger partial charge in [0.15, 0.2) is 5.16 Å². The number of carbonyl (C=O) groups excluding carboxylic acids is 3. The van der Waals surface area contributed by atoms with Crippen LogP contribution >= 0.6 is 11.8 Å². The molecule has 0 aliphatic heterocycles. The van der Waals surface area contributed by atoms with E-state index in [1.165, 1.54) is 6.20 Å². The predicted molar refractivity (Wildman–Crippen MR) is 128 cm³/mol. The summed E-state index contributed by atoms with van der Waals surface area (Å²) in [7, 11) is 0. The van der Waals surface area contributed by atoms with E-state index in [0.717, 1.165) is 17.3 Å². The Labute approximate surface area is 201 Å². The first-order valence-corrected chi connectivity index (χ1v) is 11.6. The Kier molecular flexibility index (Phi) is 9.24. The number of amides is 2. The third-order valence-electron chi connectivity index (χ3n) is 4.71. The van der Waals surface area contributed by atoms with Gasteiger partial charge in [0.2, 0.25) is 11.8 Å². The fraction of sp³-hybridized carbons (Fsp3) is 0.250. The largest absolute Gasteiger partial charge is 0.462 e. The highest BCUT2D eigenvalue weighted by Gasteiger charge is 2.15. The van der Waals surface area contributed by atoms with E-state index in [1.54, 1.807) is 35.8 Å². The van der Waals surface area contributed by atoms with Crippen molar-refractivity contribution in [2.45, 2.75) is 31.8 Å². The number of ether oxygens (including phenoxy) is 1. The summed E-state index contributed by atoms with van der Waals surface area (Å²) in [5.41, 5.74) is 2.40. The first-order chi connectivity index (χ1) is 16.5. The number of imidazole rings is 1. The average molecular weight is 483 g/mol. The molecule has 0 aliphatic rings. The van der Waals surface area contributed by atoms with Crippen molar-refractivity contribution in [3.05, 3.63) is 77.6 Å². The Bertz CT molecular complexity index is 1120. The van der Waals surface area contributed by atoms with Crippen LogP contribution in [0.3, 0.4) is 0 Å². The van der Waals surface area contributed by atoms with Crippen molar-refractivity contribution in [1.29, 1.82) is 0 Å². The van der Waals surface area contributed by atoms with Crippen molar-refractivity contribution in [3.8, 4) is 0 Å². The van der Waals surface area contributed by atoms with Gasteiger partial charge in [0.25, 0.3) is 0 Å². The van der Waals surface area contributed by atoms with Gasteiger partial charge in [0.1, 0.15) is 6.54 Å². The van der Waals surface area contributed by atoms with Gasteiger partial charge in [-0.15, -0.1) is 0 Å². The molecule has 10 heteroatoms. The summed E-state index contributed by atoms with van der Waals surface area (Å²) >= 11 is 1.16. The summed E-state index contributed by atoms with van der Waals surface area (Å²) in [6, 6.07) is 15.9. The standard InChI is InChI=1S/C24H26N4O5S/c1-2-33-23(32)18-8-10-19(11-9-18)27-22(31)16-34-24-26-13-20(15-29)28(24)14-21(30)25-12-17-6-4-3-5-7-17/h3-11,13,29H,2,12,14-16H2,1H3,(H,25,30)(H,27,31). The molecule has 0 saturated carbocycles. The number of benzene rings is 2. The molecular weight excluding hydrogens is 456 g/mol. The average Bonchev–Trinajstić information content (AvgIpc) is 3.24. The van der Waals surface area contributed by atoms with Gasteiger partial charge in [-0.2, -0.15) is 0 Å². The van der Waals surface area contributed by atoms with Gasteiger partial charge in [-0.3, -0.25) is 9.59 Å². The van der Waals surface area contributed by atoms with Gasteiger partial charge in [-0.05, 0) is 36.8 Å². The van der Waals surface area contributed by atoms with Crippen LogP contribution in [0.2, 0.25) is 0 Å². The topological polar surface area (TPSA) is 123 Å². The molecule has 0 aliphatic carbocycles. The maximum Gasteiger partial charge on any atom is 0.338 e. The Balaban J connectivity index is 1.54. The zero-order valence-electron chi connectivity index (χ0n) is 18.7. The molecule has 0 spiro atoms. The lowest BCUT2D eigenvalue weighted by Gasteiger charge is -2.11. The summed E-state index contributed by atoms with van der Waals surface area (Å²) < 4.78 is 6.53. The number of nitrogens with zero attached hydrogens (tertiary/aromatic N) is 2. The fourth-order valence-electron chi connectivity index (χ4n) is 3.03. The molecule has 2 aromatic carbocycles. The van der Waals surface area contributed by atoms with Gasteiger partial charge < -0.3 is 25.0 Å². The Hall–Kier alpha value is -3.63. The van der Waals surface area contributed by atoms with Gasteiger partial charge >= 0.3 is 5.97 Å². The lowest BCUT2D eigenvalue weighted by molar-refractivity contribution is -0.122. The van der Waals surface area contributed by atoms with E-state index in [1.807, 2.05) is 30.3 Å². The minimum atomic E-state index is -0.421. The first-order valence-electron chi connectivity index (χ1n) is 10.7. The van der Waals surface area contributed by atoms with Crippen LogP contribution in [-0.2, 0) is 34.0 Å². The second-order valence-corrected chi connectivity index (χ2v) is 8.12. The van der Waals surface area contributed by atoms with E-state index in [0.29, 0.717) is 28.6 Å². The third-order valence-corrected chi connectivity index (χ3v) is 5.70. The van der Waals surface area contributed by atoms with Crippen LogP contribution in [0.15, 0.2) is 66.0 Å². The van der Waals surface area contributed by atoms with Crippen molar-refractivity contribution >= 4 is 35.2 Å². The van der Waals surface area contributed by atoms with Gasteiger partial charge in [0, 0.05) is 12.2 Å². The summed E-state index contributed by atoms with van der Waals surface area (Å²) in [6.45, 7) is 2.11. The predicted octanol–water partition coefficient (Wildman–Crippen LogP) is 2.60. The van der Waals surface area contributed by atoms with Crippen molar-refractivity contribution in [3.63, 3.8) is 0 Å². The van der Waals surface area contributed by atoms with Crippen LogP contribution in [-0.4, -0.2) is 44.8 Å². The van der Waals surface area contributed by atoms with Crippen molar-refractivity contribution in [2.24, 2.45) is 0 Å². The Morgan fingerprint density at radius 1 is 1.06 bits per heavy atom. The number of hydrogen-bond acceptors (Lipinski definition) is 7. The maximum absolute atomic E-state index is 12.4. The summed E-state index contributed by atoms with van der Waals surface area (Å²) in [5, 5.41) is 15.7. The molecule has 178 valence electrons. The molecule has 34 heavy (non-hydrogen) atoms. The molecule has 0 atom stereocenters. The highest BCUT2D eigenvalue weighted by Crippen LogP contribution is 2.20. The van der Waals surface area contributed by atoms with Crippen LogP contribution in [0, 0.1) is 0 Å². The first kappa shape index (κ1) is 25.0. The molecule has 1 heterocycles. The number of esters is 1. The molecule has 2 amide bonds. The number of anilines is 1. The Morgan fingerprint density at radius 3 is 2.47 bits per heavy atom. The normalized spacial score (nSPS) is 10.5. The second kappa shape index (κ2) is 12.6. The molecule has 0 radical (unpaired) electrons. The lowest BCUT2D eigenvalue weighted by Crippen LogP contribution is -2.28. The third kappa shape index (κ3) is 7.19. The number of carbonyl (C=O) groups is 3. The molecule has 3 aromatic rings. The maximum atomic E-state index is 12.4. The zero-order valence-corrected chi connectivity index (χ0v) is 19.5. The van der Waals surface area contributed by atoms with Crippen molar-refractivity contribution in [1.82, 2.24) is 14.9 Å². The summed E-state index contributed by atoms with van der Waals surface area (Å²) in [5.74, 6) is -0.880. The smallest absolute Gasteiger partial charge is 0.338 e. The molecule has 0 saturated heterocycles. The monoisotopic (exact) mass is 482 g/mol. The SMILES string of the molecule is CCOC(=O)c1ccc(NC(=O)CSc2ncc(CO)n2CC(=O)NCc2ccccc2)cc1. The van der Waals surface area contributed by atoms with Crippen molar-refractivity contribution < 1.29 is 24.2 Å². The van der Waals surface area contributed by atoms with E-state index >= 15 is 0 Å². The van der Waals surface area contributed by atoms with E-state index < -0.39 is 5.97 Å². The van der Waals surface area contributed by atoms with E-state index in [2.05, 4.69) is 15.6 Å². The second-order valence-electron chi connectivity index (χ2n) is 7.17. The minimum absolute atomic E-state index is 0.0258. The lowest BCUT2D eigenvalue weighted by atomic mass is 10.2. The number of nitrogens with one attached hydrogen (secondary N) is 2. The molecule has 1 aromatic heterocycles. The Morgan fingerprint density at radius 2 is 1.79 bits per heavy atom. The molecule has 0 fully saturated rings. The fourth-order valence-corrected chi connectivity index (χ4v) is 3.83. The molecule has 0 bridgehead atoms. The number of rotatable bonds is 11. The number of aliphatic hydroxyl groups is 1. The highest BCUT2D eigenvalue weighted by molar-refractivity contribution is 7.99. The summed E-state index contributed by atoms with van der Waals surface area (Å²) in [6.07, 6.45) is 1.48. The molecule has 3 N–H and O–H groups in total. The van der Waals surface area contributed by atoms with Gasteiger partial charge in [0.05, 0.1) is 36.4 Å². The van der Waals surface area contributed by atoms with Gasteiger partial charge in [-0.25, -0.2) is 9.78 Å². The van der Waals surface area contributed by atoms with E-state index in [-0.39, 0.29) is 37.3 Å². The van der Waals surface area contributed by atoms with Crippen molar-refractivity contribution in [2.75, 3.05) is 17.7 Å². The highest BCUT2D eigenvalue weighted by atomic mass is 32.2. The molecular formula is C24H26N4O5S. The van der Waals surface area contributed by atoms with E-state index in [9.17, 15) is 19.5 Å². The quantitative estimate of drug-likeness (QED) is 0.284. The molecule has 3 rings (SSSR count). The number of aliphatic hydroxyl groups excluding tert-OH is 1. The molecule has 0 unspecified atom stereocenters. The van der Waals surface area contributed by atoms with E-state index in [4.69, 9.17) is 4.74 Å². The van der Waals surface area contributed by atoms with Crippen LogP contribution in [0.5, 0.6) is 0 Å². The minimum Gasteiger partial charge on any atom is -0.462 e. The number of aromatic nitrogens is 2. The van der Waals surface area contributed by atoms with Crippen LogP contribution in [0.1, 0.15) is 28.5 Å². The van der Waals surface area contributed by atoms with Crippen LogP contribution in [0.4, 0.5) is 5.69 Å². The van der Waals surface area contributed by atoms with Crippen LogP contribution < -0.4 is 10.6 Å². The number of hydrogen-bond donors (Lipinski definition) is 3.